The zero-order valence-corrected chi connectivity index (χ0v) is 18.1. The van der Waals surface area contributed by atoms with E-state index in [1.165, 1.54) is 12.1 Å². The Hall–Kier alpha value is -3.80. The highest BCUT2D eigenvalue weighted by molar-refractivity contribution is 5.76. The van der Waals surface area contributed by atoms with Crippen molar-refractivity contribution in [2.45, 2.75) is 25.3 Å². The van der Waals surface area contributed by atoms with E-state index >= 15 is 0 Å². The zero-order valence-electron chi connectivity index (χ0n) is 18.1. The predicted octanol–water partition coefficient (Wildman–Crippen LogP) is 2.82. The normalized spacial score (nSPS) is 15.9. The van der Waals surface area contributed by atoms with E-state index in [9.17, 15) is 14.4 Å². The molecule has 164 valence electrons. The number of hydrogen-bond acceptors (Lipinski definition) is 6. The lowest BCUT2D eigenvalue weighted by Crippen LogP contribution is -2.41. The maximum absolute atomic E-state index is 14.2. The van der Waals surface area contributed by atoms with Crippen LogP contribution in [0.15, 0.2) is 42.9 Å². The summed E-state index contributed by atoms with van der Waals surface area (Å²) >= 11 is 0. The fourth-order valence-electron chi connectivity index (χ4n) is 4.00. The first-order chi connectivity index (χ1) is 15.4. The van der Waals surface area contributed by atoms with Gasteiger partial charge in [0, 0.05) is 57.3 Å². The van der Waals surface area contributed by atoms with Crippen LogP contribution >= 0.6 is 0 Å². The van der Waals surface area contributed by atoms with E-state index in [4.69, 9.17) is 4.98 Å². The van der Waals surface area contributed by atoms with Crippen molar-refractivity contribution >= 4 is 11.9 Å². The van der Waals surface area contributed by atoms with E-state index in [1.807, 2.05) is 30.0 Å². The molecule has 1 fully saturated rings. The number of amides is 1. The van der Waals surface area contributed by atoms with Crippen molar-refractivity contribution in [2.24, 2.45) is 0 Å². The smallest absolute Gasteiger partial charge is 0.244 e. The minimum absolute atomic E-state index is 0.000591. The fraction of sp³-hybridized carbons (Fsp3) is 0.348. The van der Waals surface area contributed by atoms with Crippen LogP contribution < -0.4 is 4.90 Å². The van der Waals surface area contributed by atoms with E-state index in [2.05, 4.69) is 10.1 Å². The molecule has 2 aromatic heterocycles. The van der Waals surface area contributed by atoms with Gasteiger partial charge in [0.1, 0.15) is 12.4 Å². The quantitative estimate of drug-likeness (QED) is 0.615. The first-order valence-corrected chi connectivity index (χ1v) is 10.4. The van der Waals surface area contributed by atoms with Crippen LogP contribution in [0.3, 0.4) is 0 Å². The van der Waals surface area contributed by atoms with E-state index in [1.54, 1.807) is 35.4 Å². The van der Waals surface area contributed by atoms with Crippen LogP contribution in [0.5, 0.6) is 0 Å². The summed E-state index contributed by atoms with van der Waals surface area (Å²) in [5, 5.41) is 13.4. The predicted molar refractivity (Wildman–Crippen MR) is 117 cm³/mol. The Bertz CT molecular complexity index is 1150. The molecule has 1 aromatic carbocycles. The van der Waals surface area contributed by atoms with Crippen molar-refractivity contribution in [2.75, 3.05) is 32.1 Å². The van der Waals surface area contributed by atoms with Gasteiger partial charge in [-0.15, -0.1) is 0 Å². The molecule has 0 unspecified atom stereocenters. The van der Waals surface area contributed by atoms with Crippen molar-refractivity contribution in [1.82, 2.24) is 24.6 Å². The molecule has 1 amide bonds. The minimum Gasteiger partial charge on any atom is -0.347 e. The molecule has 3 heterocycles. The van der Waals surface area contributed by atoms with E-state index in [-0.39, 0.29) is 23.9 Å². The average Bonchev–Trinajstić information content (AvgIpc) is 3.31. The van der Waals surface area contributed by atoms with Crippen LogP contribution in [0.25, 0.3) is 11.1 Å². The van der Waals surface area contributed by atoms with Crippen LogP contribution in [0, 0.1) is 17.1 Å². The molecule has 1 aliphatic rings. The minimum atomic E-state index is -0.485. The molecule has 0 aliphatic carbocycles. The summed E-state index contributed by atoms with van der Waals surface area (Å²) in [6.45, 7) is 1.38. The van der Waals surface area contributed by atoms with Gasteiger partial charge in [-0.2, -0.15) is 10.4 Å². The molecule has 32 heavy (non-hydrogen) atoms. The van der Waals surface area contributed by atoms with Gasteiger partial charge >= 0.3 is 0 Å². The summed E-state index contributed by atoms with van der Waals surface area (Å²) in [6.07, 6.45) is 6.78. The first-order valence-electron chi connectivity index (χ1n) is 10.4. The monoisotopic (exact) mass is 433 g/mol. The second-order valence-corrected chi connectivity index (χ2v) is 8.09. The summed E-state index contributed by atoms with van der Waals surface area (Å²) in [4.78, 5) is 25.7. The lowest BCUT2D eigenvalue weighted by Gasteiger charge is -2.33. The van der Waals surface area contributed by atoms with Crippen LogP contribution in [0.1, 0.15) is 30.0 Å². The Morgan fingerprint density at radius 1 is 1.34 bits per heavy atom. The van der Waals surface area contributed by atoms with E-state index in [0.717, 1.165) is 18.5 Å². The number of hydrogen-bond donors (Lipinski definition) is 0. The Balaban J connectivity index is 1.68. The number of carbonyl (C=O) groups is 1. The van der Waals surface area contributed by atoms with Gasteiger partial charge in [0.2, 0.25) is 11.9 Å². The van der Waals surface area contributed by atoms with Crippen molar-refractivity contribution < 1.29 is 9.18 Å². The largest absolute Gasteiger partial charge is 0.347 e. The SMILES string of the molecule is CN(C)c1ncc(-c2cc(F)cc(C#N)c2)c([C@H]2CCCN(C(=O)Cn3cccn3)C2)n1. The number of carbonyl (C=O) groups excluding carboxylic acids is 1. The second kappa shape index (κ2) is 9.14. The summed E-state index contributed by atoms with van der Waals surface area (Å²) in [6, 6.07) is 8.02. The molecule has 9 heteroatoms. The maximum Gasteiger partial charge on any atom is 0.244 e. The number of nitriles is 1. The van der Waals surface area contributed by atoms with Gasteiger partial charge < -0.3 is 9.80 Å². The molecule has 1 atom stereocenters. The third-order valence-corrected chi connectivity index (χ3v) is 5.56. The van der Waals surface area contributed by atoms with Crippen LogP contribution in [-0.2, 0) is 11.3 Å². The van der Waals surface area contributed by atoms with Crippen LogP contribution in [0.2, 0.25) is 0 Å². The lowest BCUT2D eigenvalue weighted by molar-refractivity contribution is -0.133. The number of benzene rings is 1. The van der Waals surface area contributed by atoms with Crippen molar-refractivity contribution in [3.05, 3.63) is 59.9 Å². The molecule has 0 saturated carbocycles. The molecule has 1 aliphatic heterocycles. The number of aromatic nitrogens is 4. The molecule has 3 aromatic rings. The Labute approximate surface area is 185 Å². The van der Waals surface area contributed by atoms with Gasteiger partial charge in [0.05, 0.1) is 17.3 Å². The topological polar surface area (TPSA) is 90.9 Å². The molecule has 0 radical (unpaired) electrons. The summed E-state index contributed by atoms with van der Waals surface area (Å²) in [5.74, 6) is 0.0252. The molecule has 1 saturated heterocycles. The van der Waals surface area contributed by atoms with Gasteiger partial charge in [-0.1, -0.05) is 0 Å². The molecule has 8 nitrogen and oxygen atoms in total. The number of piperidine rings is 1. The molecular formula is C23H24FN7O. The highest BCUT2D eigenvalue weighted by Crippen LogP contribution is 2.34. The van der Waals surface area contributed by atoms with Crippen LogP contribution in [0.4, 0.5) is 10.3 Å². The second-order valence-electron chi connectivity index (χ2n) is 8.09. The number of nitrogens with zero attached hydrogens (tertiary/aromatic N) is 7. The summed E-state index contributed by atoms with van der Waals surface area (Å²) < 4.78 is 15.8. The Morgan fingerprint density at radius 3 is 2.91 bits per heavy atom. The van der Waals surface area contributed by atoms with Gasteiger partial charge in [-0.05, 0) is 42.7 Å². The van der Waals surface area contributed by atoms with E-state index < -0.39 is 5.82 Å². The highest BCUT2D eigenvalue weighted by Gasteiger charge is 2.28. The standard InChI is InChI=1S/C23H24FN7O/c1-29(2)23-26-13-20(18-9-16(12-25)10-19(24)11-18)22(28-23)17-5-3-7-30(14-17)21(32)15-31-8-4-6-27-31/h4,6,8-11,13,17H,3,5,7,14-15H2,1-2H3/t17-/m0/s1. The Morgan fingerprint density at radius 2 is 2.19 bits per heavy atom. The average molecular weight is 433 g/mol. The van der Waals surface area contributed by atoms with Gasteiger partial charge in [-0.25, -0.2) is 14.4 Å². The number of halogens is 1. The van der Waals surface area contributed by atoms with Crippen molar-refractivity contribution in [3.63, 3.8) is 0 Å². The number of rotatable bonds is 5. The maximum atomic E-state index is 14.2. The van der Waals surface area contributed by atoms with E-state index in [0.29, 0.717) is 30.2 Å². The van der Waals surface area contributed by atoms with Gasteiger partial charge in [0.25, 0.3) is 0 Å². The highest BCUT2D eigenvalue weighted by atomic mass is 19.1. The van der Waals surface area contributed by atoms with Crippen molar-refractivity contribution in [1.29, 1.82) is 5.26 Å². The molecular weight excluding hydrogens is 409 g/mol. The summed E-state index contributed by atoms with van der Waals surface area (Å²) in [5.41, 5.74) is 2.23. The Kier molecular flexibility index (Phi) is 6.12. The van der Waals surface area contributed by atoms with Crippen molar-refractivity contribution in [3.8, 4) is 17.2 Å². The third-order valence-electron chi connectivity index (χ3n) is 5.56. The number of anilines is 1. The number of likely N-dealkylation sites (tertiary alicyclic amines) is 1. The fourth-order valence-corrected chi connectivity index (χ4v) is 4.00. The first kappa shape index (κ1) is 21.4. The lowest BCUT2D eigenvalue weighted by atomic mass is 9.89. The third kappa shape index (κ3) is 4.59. The molecule has 0 N–H and O–H groups in total. The molecule has 0 bridgehead atoms. The molecule has 0 spiro atoms. The zero-order chi connectivity index (χ0) is 22.7. The van der Waals surface area contributed by atoms with Crippen LogP contribution in [-0.4, -0.2) is 57.7 Å². The summed E-state index contributed by atoms with van der Waals surface area (Å²) in [7, 11) is 3.71. The van der Waals surface area contributed by atoms with Gasteiger partial charge in [0.15, 0.2) is 0 Å². The van der Waals surface area contributed by atoms with Gasteiger partial charge in [-0.3, -0.25) is 9.48 Å². The molecule has 4 rings (SSSR count).